The predicted molar refractivity (Wildman–Crippen MR) is 118 cm³/mol. The summed E-state index contributed by atoms with van der Waals surface area (Å²) in [4.78, 5) is 38.0. The van der Waals surface area contributed by atoms with Crippen molar-refractivity contribution in [2.75, 3.05) is 26.1 Å². The van der Waals surface area contributed by atoms with Gasteiger partial charge in [0.25, 0.3) is 0 Å². The fraction of sp³-hybridized carbons (Fsp3) is 0.435. The van der Waals surface area contributed by atoms with Crippen molar-refractivity contribution in [1.29, 1.82) is 0 Å². The van der Waals surface area contributed by atoms with E-state index in [9.17, 15) is 14.4 Å². The molecule has 1 atom stereocenters. The Morgan fingerprint density at radius 2 is 1.94 bits per heavy atom. The SMILES string of the molecule is COC(=O)c1c(NC(=O)CCCOc2cccc(C)c2C)sc2c1C(C(=O)OC)CC2. The lowest BCUT2D eigenvalue weighted by Gasteiger charge is -2.12. The second-order valence-electron chi connectivity index (χ2n) is 7.45. The highest BCUT2D eigenvalue weighted by atomic mass is 32.1. The first-order chi connectivity index (χ1) is 14.9. The van der Waals surface area contributed by atoms with Gasteiger partial charge in [0.15, 0.2) is 0 Å². The average Bonchev–Trinajstić information content (AvgIpc) is 3.31. The molecule has 2 aromatic rings. The van der Waals surface area contributed by atoms with E-state index in [1.54, 1.807) is 0 Å². The predicted octanol–water partition coefficient (Wildman–Crippen LogP) is 4.15. The molecule has 7 nitrogen and oxygen atoms in total. The number of ether oxygens (including phenoxy) is 3. The molecular formula is C23H27NO6S. The Balaban J connectivity index is 1.64. The molecule has 1 heterocycles. The highest BCUT2D eigenvalue weighted by Crippen LogP contribution is 2.45. The Bertz CT molecular complexity index is 996. The monoisotopic (exact) mass is 445 g/mol. The van der Waals surface area contributed by atoms with Crippen molar-refractivity contribution in [3.63, 3.8) is 0 Å². The van der Waals surface area contributed by atoms with Crippen molar-refractivity contribution < 1.29 is 28.6 Å². The first-order valence-electron chi connectivity index (χ1n) is 10.2. The third-order valence-corrected chi connectivity index (χ3v) is 6.70. The van der Waals surface area contributed by atoms with Crippen LogP contribution in [0.2, 0.25) is 0 Å². The number of anilines is 1. The summed E-state index contributed by atoms with van der Waals surface area (Å²) in [5.41, 5.74) is 3.12. The summed E-state index contributed by atoms with van der Waals surface area (Å²) in [6, 6.07) is 5.88. The smallest absolute Gasteiger partial charge is 0.341 e. The summed E-state index contributed by atoms with van der Waals surface area (Å²) < 4.78 is 15.6. The van der Waals surface area contributed by atoms with Gasteiger partial charge in [-0.15, -0.1) is 11.3 Å². The van der Waals surface area contributed by atoms with Gasteiger partial charge >= 0.3 is 11.9 Å². The number of hydrogen-bond acceptors (Lipinski definition) is 7. The number of fused-ring (bicyclic) bond motifs is 1. The molecule has 1 unspecified atom stereocenters. The molecule has 31 heavy (non-hydrogen) atoms. The molecule has 0 saturated heterocycles. The van der Waals surface area contributed by atoms with Crippen molar-refractivity contribution in [3.05, 3.63) is 45.3 Å². The molecule has 3 rings (SSSR count). The van der Waals surface area contributed by atoms with Crippen LogP contribution in [0.1, 0.15) is 57.1 Å². The number of aryl methyl sites for hydroxylation is 2. The Morgan fingerprint density at radius 1 is 1.16 bits per heavy atom. The second-order valence-corrected chi connectivity index (χ2v) is 8.55. The molecule has 0 saturated carbocycles. The van der Waals surface area contributed by atoms with Gasteiger partial charge in [0.2, 0.25) is 5.91 Å². The van der Waals surface area contributed by atoms with Crippen molar-refractivity contribution in [1.82, 2.24) is 0 Å². The molecule has 0 radical (unpaired) electrons. The molecule has 8 heteroatoms. The fourth-order valence-corrected chi connectivity index (χ4v) is 5.00. The van der Waals surface area contributed by atoms with E-state index in [1.807, 2.05) is 32.0 Å². The lowest BCUT2D eigenvalue weighted by atomic mass is 9.99. The van der Waals surface area contributed by atoms with E-state index in [1.165, 1.54) is 25.6 Å². The molecule has 0 bridgehead atoms. The van der Waals surface area contributed by atoms with Crippen LogP contribution in [-0.2, 0) is 25.5 Å². The summed E-state index contributed by atoms with van der Waals surface area (Å²) in [6.45, 7) is 4.44. The standard InChI is InChI=1S/C23H27NO6S/c1-13-7-5-8-16(14(13)2)30-12-6-9-18(25)24-21-20(23(27)29-4)19-15(22(26)28-3)10-11-17(19)31-21/h5,7-8,15H,6,9-12H2,1-4H3,(H,24,25). The topological polar surface area (TPSA) is 90.9 Å². The van der Waals surface area contributed by atoms with Crippen molar-refractivity contribution in [2.45, 2.75) is 45.4 Å². The minimum absolute atomic E-state index is 0.218. The zero-order chi connectivity index (χ0) is 22.5. The second kappa shape index (κ2) is 9.96. The Hall–Kier alpha value is -2.87. The van der Waals surface area contributed by atoms with Crippen molar-refractivity contribution >= 4 is 34.2 Å². The van der Waals surface area contributed by atoms with Crippen LogP contribution >= 0.6 is 11.3 Å². The van der Waals surface area contributed by atoms with Crippen LogP contribution in [0.5, 0.6) is 5.75 Å². The van der Waals surface area contributed by atoms with E-state index >= 15 is 0 Å². The van der Waals surface area contributed by atoms with Gasteiger partial charge in [-0.1, -0.05) is 12.1 Å². The van der Waals surface area contributed by atoms with Gasteiger partial charge in [-0.2, -0.15) is 0 Å². The quantitative estimate of drug-likeness (QED) is 0.485. The van der Waals surface area contributed by atoms with E-state index in [4.69, 9.17) is 14.2 Å². The van der Waals surface area contributed by atoms with Crippen LogP contribution in [-0.4, -0.2) is 38.7 Å². The molecular weight excluding hydrogens is 418 g/mol. The van der Waals surface area contributed by atoms with Gasteiger partial charge in [0, 0.05) is 11.3 Å². The van der Waals surface area contributed by atoms with E-state index in [2.05, 4.69) is 5.32 Å². The number of esters is 2. The normalized spacial score (nSPS) is 14.6. The summed E-state index contributed by atoms with van der Waals surface area (Å²) in [5.74, 6) is -0.867. The number of rotatable bonds is 8. The molecule has 1 N–H and O–H groups in total. The minimum Gasteiger partial charge on any atom is -0.493 e. The summed E-state index contributed by atoms with van der Waals surface area (Å²) >= 11 is 1.32. The summed E-state index contributed by atoms with van der Waals surface area (Å²) in [6.07, 6.45) is 2.02. The number of methoxy groups -OCH3 is 2. The van der Waals surface area contributed by atoms with Crippen LogP contribution in [0.25, 0.3) is 0 Å². The van der Waals surface area contributed by atoms with Gasteiger partial charge in [0.05, 0.1) is 32.3 Å². The van der Waals surface area contributed by atoms with E-state index < -0.39 is 11.9 Å². The Kier molecular flexibility index (Phi) is 7.33. The molecule has 1 amide bonds. The summed E-state index contributed by atoms with van der Waals surface area (Å²) in [7, 11) is 2.61. The molecule has 166 valence electrons. The third kappa shape index (κ3) is 4.90. The number of thiophene rings is 1. The van der Waals surface area contributed by atoms with Crippen molar-refractivity contribution in [2.24, 2.45) is 0 Å². The maximum atomic E-state index is 12.5. The van der Waals surface area contributed by atoms with E-state index in [-0.39, 0.29) is 23.9 Å². The summed E-state index contributed by atoms with van der Waals surface area (Å²) in [5, 5.41) is 3.25. The van der Waals surface area contributed by atoms with Gasteiger partial charge < -0.3 is 19.5 Å². The zero-order valence-corrected chi connectivity index (χ0v) is 19.0. The molecule has 0 spiro atoms. The number of nitrogens with one attached hydrogen (secondary N) is 1. The average molecular weight is 446 g/mol. The van der Waals surface area contributed by atoms with Crippen molar-refractivity contribution in [3.8, 4) is 5.75 Å². The van der Waals surface area contributed by atoms with Crippen LogP contribution in [0.15, 0.2) is 18.2 Å². The molecule has 1 aliphatic carbocycles. The van der Waals surface area contributed by atoms with Gasteiger partial charge in [-0.05, 0) is 55.9 Å². The lowest BCUT2D eigenvalue weighted by Crippen LogP contribution is -2.18. The Labute approximate surface area is 185 Å². The van der Waals surface area contributed by atoms with E-state index in [0.29, 0.717) is 36.4 Å². The number of benzene rings is 1. The van der Waals surface area contributed by atoms with Crippen LogP contribution in [0, 0.1) is 13.8 Å². The van der Waals surface area contributed by atoms with Crippen LogP contribution < -0.4 is 10.1 Å². The molecule has 1 aliphatic rings. The van der Waals surface area contributed by atoms with Crippen LogP contribution in [0.3, 0.4) is 0 Å². The number of hydrogen-bond donors (Lipinski definition) is 1. The molecule has 0 fully saturated rings. The first-order valence-corrected chi connectivity index (χ1v) is 11.0. The highest BCUT2D eigenvalue weighted by Gasteiger charge is 2.38. The Morgan fingerprint density at radius 3 is 2.65 bits per heavy atom. The van der Waals surface area contributed by atoms with Gasteiger partial charge in [-0.3, -0.25) is 9.59 Å². The molecule has 1 aromatic carbocycles. The highest BCUT2D eigenvalue weighted by molar-refractivity contribution is 7.17. The maximum absolute atomic E-state index is 12.5. The third-order valence-electron chi connectivity index (χ3n) is 5.52. The number of carbonyl (C=O) groups excluding carboxylic acids is 3. The maximum Gasteiger partial charge on any atom is 0.341 e. The number of amides is 1. The molecule has 0 aliphatic heterocycles. The minimum atomic E-state index is -0.568. The fourth-order valence-electron chi connectivity index (χ4n) is 3.72. The van der Waals surface area contributed by atoms with Gasteiger partial charge in [-0.25, -0.2) is 4.79 Å². The van der Waals surface area contributed by atoms with E-state index in [0.717, 1.165) is 21.8 Å². The van der Waals surface area contributed by atoms with Crippen LogP contribution in [0.4, 0.5) is 5.00 Å². The largest absolute Gasteiger partial charge is 0.493 e. The number of carbonyl (C=O) groups is 3. The van der Waals surface area contributed by atoms with Gasteiger partial charge in [0.1, 0.15) is 10.8 Å². The lowest BCUT2D eigenvalue weighted by molar-refractivity contribution is -0.142. The first kappa shape index (κ1) is 22.8. The molecule has 1 aromatic heterocycles. The zero-order valence-electron chi connectivity index (χ0n) is 18.2.